The number of hydrogen-bond acceptors (Lipinski definition) is 3. The third-order valence-corrected chi connectivity index (χ3v) is 4.59. The number of methoxy groups -OCH3 is 1. The lowest BCUT2D eigenvalue weighted by atomic mass is 9.90. The molecule has 1 aliphatic carbocycles. The van der Waals surface area contributed by atoms with Crippen molar-refractivity contribution in [2.24, 2.45) is 0 Å². The highest BCUT2D eigenvalue weighted by atomic mass is 35.5. The van der Waals surface area contributed by atoms with Gasteiger partial charge in [-0.2, -0.15) is 0 Å². The molecular formula is C17H26ClNO2. The average Bonchev–Trinajstić information content (AvgIpc) is 3.01. The van der Waals surface area contributed by atoms with Crippen LogP contribution in [0.5, 0.6) is 11.5 Å². The maximum atomic E-state index is 6.19. The van der Waals surface area contributed by atoms with E-state index in [0.29, 0.717) is 12.0 Å². The number of ether oxygens (including phenoxy) is 2. The van der Waals surface area contributed by atoms with Crippen molar-refractivity contribution in [2.75, 3.05) is 20.2 Å². The summed E-state index contributed by atoms with van der Waals surface area (Å²) in [5, 5.41) is 3.42. The zero-order valence-corrected chi connectivity index (χ0v) is 13.6. The summed E-state index contributed by atoms with van der Waals surface area (Å²) in [4.78, 5) is 0. The van der Waals surface area contributed by atoms with E-state index < -0.39 is 0 Å². The van der Waals surface area contributed by atoms with Crippen molar-refractivity contribution >= 4 is 12.4 Å². The number of piperidine rings is 1. The number of halogens is 1. The smallest absolute Gasteiger partial charge is 0.161 e. The average molecular weight is 312 g/mol. The molecule has 1 N–H and O–H groups in total. The number of hydrogen-bond donors (Lipinski definition) is 1. The van der Waals surface area contributed by atoms with Crippen LogP contribution < -0.4 is 14.8 Å². The number of nitrogens with one attached hydrogen (secondary N) is 1. The van der Waals surface area contributed by atoms with Crippen LogP contribution in [0.3, 0.4) is 0 Å². The van der Waals surface area contributed by atoms with Crippen LogP contribution in [-0.2, 0) is 0 Å². The Labute approximate surface area is 133 Å². The largest absolute Gasteiger partial charge is 0.493 e. The van der Waals surface area contributed by atoms with Crippen molar-refractivity contribution in [1.82, 2.24) is 5.32 Å². The van der Waals surface area contributed by atoms with Crippen molar-refractivity contribution in [3.05, 3.63) is 23.8 Å². The molecule has 1 heterocycles. The topological polar surface area (TPSA) is 30.5 Å². The van der Waals surface area contributed by atoms with E-state index >= 15 is 0 Å². The van der Waals surface area contributed by atoms with E-state index in [4.69, 9.17) is 9.47 Å². The first-order valence-corrected chi connectivity index (χ1v) is 7.92. The molecule has 2 fully saturated rings. The van der Waals surface area contributed by atoms with Gasteiger partial charge in [-0.3, -0.25) is 0 Å². The molecule has 0 unspecified atom stereocenters. The lowest BCUT2D eigenvalue weighted by Gasteiger charge is -2.24. The first kappa shape index (κ1) is 16.4. The third-order valence-electron chi connectivity index (χ3n) is 4.59. The molecule has 1 saturated heterocycles. The van der Waals surface area contributed by atoms with Crippen LogP contribution in [0, 0.1) is 0 Å². The van der Waals surface area contributed by atoms with Crippen molar-refractivity contribution < 1.29 is 9.47 Å². The van der Waals surface area contributed by atoms with Gasteiger partial charge in [-0.05, 0) is 75.2 Å². The fourth-order valence-corrected chi connectivity index (χ4v) is 3.38. The first-order chi connectivity index (χ1) is 9.86. The molecule has 0 aromatic heterocycles. The SMILES string of the molecule is COc1ccc(C2CCNCC2)cc1OC1CCCC1.Cl. The van der Waals surface area contributed by atoms with Gasteiger partial charge in [0.05, 0.1) is 13.2 Å². The van der Waals surface area contributed by atoms with Crippen molar-refractivity contribution in [3.8, 4) is 11.5 Å². The van der Waals surface area contributed by atoms with Gasteiger partial charge in [0.25, 0.3) is 0 Å². The molecule has 0 spiro atoms. The molecular weight excluding hydrogens is 286 g/mol. The van der Waals surface area contributed by atoms with E-state index in [9.17, 15) is 0 Å². The second-order valence-electron chi connectivity index (χ2n) is 5.96. The molecule has 1 aromatic carbocycles. The van der Waals surface area contributed by atoms with Crippen LogP contribution in [0.25, 0.3) is 0 Å². The minimum atomic E-state index is 0. The van der Waals surface area contributed by atoms with Crippen molar-refractivity contribution in [3.63, 3.8) is 0 Å². The van der Waals surface area contributed by atoms with E-state index in [1.54, 1.807) is 7.11 Å². The Balaban J connectivity index is 0.00000161. The fourth-order valence-electron chi connectivity index (χ4n) is 3.38. The monoisotopic (exact) mass is 311 g/mol. The predicted octanol–water partition coefficient (Wildman–Crippen LogP) is 3.91. The Bertz CT molecular complexity index is 440. The summed E-state index contributed by atoms with van der Waals surface area (Å²) in [6.45, 7) is 2.24. The molecule has 1 aromatic rings. The maximum Gasteiger partial charge on any atom is 0.161 e. The Morgan fingerprint density at radius 3 is 2.38 bits per heavy atom. The Morgan fingerprint density at radius 2 is 1.71 bits per heavy atom. The van der Waals surface area contributed by atoms with Gasteiger partial charge in [0.2, 0.25) is 0 Å². The standard InChI is InChI=1S/C17H25NO2.ClH/c1-19-16-7-6-14(13-8-10-18-11-9-13)12-17(16)20-15-4-2-3-5-15;/h6-7,12-13,15,18H,2-5,8-11H2,1H3;1H. The molecule has 21 heavy (non-hydrogen) atoms. The van der Waals surface area contributed by atoms with Crippen LogP contribution in [0.4, 0.5) is 0 Å². The summed E-state index contributed by atoms with van der Waals surface area (Å²) in [7, 11) is 1.72. The maximum absolute atomic E-state index is 6.19. The van der Waals surface area contributed by atoms with Crippen LogP contribution >= 0.6 is 12.4 Å². The molecule has 1 aliphatic heterocycles. The Kier molecular flexibility index (Phi) is 6.19. The van der Waals surface area contributed by atoms with E-state index in [0.717, 1.165) is 24.6 Å². The van der Waals surface area contributed by atoms with E-state index in [2.05, 4.69) is 23.5 Å². The van der Waals surface area contributed by atoms with Crippen LogP contribution in [0.1, 0.15) is 50.0 Å². The zero-order chi connectivity index (χ0) is 13.8. The Hall–Kier alpha value is -0.930. The van der Waals surface area contributed by atoms with Crippen LogP contribution in [0.2, 0.25) is 0 Å². The second kappa shape index (κ2) is 7.90. The highest BCUT2D eigenvalue weighted by molar-refractivity contribution is 5.85. The highest BCUT2D eigenvalue weighted by Gasteiger charge is 2.21. The van der Waals surface area contributed by atoms with Crippen molar-refractivity contribution in [2.45, 2.75) is 50.5 Å². The summed E-state index contributed by atoms with van der Waals surface area (Å²) >= 11 is 0. The summed E-state index contributed by atoms with van der Waals surface area (Å²) in [6.07, 6.45) is 7.76. The summed E-state index contributed by atoms with van der Waals surface area (Å²) < 4.78 is 11.6. The molecule has 2 aliphatic rings. The third kappa shape index (κ3) is 4.04. The van der Waals surface area contributed by atoms with Gasteiger partial charge in [0, 0.05) is 0 Å². The zero-order valence-electron chi connectivity index (χ0n) is 12.8. The molecule has 0 bridgehead atoms. The van der Waals surface area contributed by atoms with Gasteiger partial charge < -0.3 is 14.8 Å². The molecule has 0 amide bonds. The molecule has 118 valence electrons. The quantitative estimate of drug-likeness (QED) is 0.914. The van der Waals surface area contributed by atoms with Gasteiger partial charge in [0.15, 0.2) is 11.5 Å². The van der Waals surface area contributed by atoms with Crippen LogP contribution in [0.15, 0.2) is 18.2 Å². The van der Waals surface area contributed by atoms with Gasteiger partial charge in [-0.15, -0.1) is 12.4 Å². The molecule has 3 rings (SSSR count). The highest BCUT2D eigenvalue weighted by Crippen LogP contribution is 2.36. The van der Waals surface area contributed by atoms with E-state index in [-0.39, 0.29) is 12.4 Å². The second-order valence-corrected chi connectivity index (χ2v) is 5.96. The molecule has 1 saturated carbocycles. The Morgan fingerprint density at radius 1 is 1.00 bits per heavy atom. The summed E-state index contributed by atoms with van der Waals surface area (Å²) in [5.41, 5.74) is 1.40. The molecule has 0 radical (unpaired) electrons. The number of benzene rings is 1. The van der Waals surface area contributed by atoms with Crippen LogP contribution in [-0.4, -0.2) is 26.3 Å². The fraction of sp³-hybridized carbons (Fsp3) is 0.647. The minimum absolute atomic E-state index is 0. The first-order valence-electron chi connectivity index (χ1n) is 7.92. The number of rotatable bonds is 4. The molecule has 4 heteroatoms. The summed E-state index contributed by atoms with van der Waals surface area (Å²) in [5.74, 6) is 2.47. The lowest BCUT2D eigenvalue weighted by molar-refractivity contribution is 0.200. The normalized spacial score (nSPS) is 20.0. The molecule has 3 nitrogen and oxygen atoms in total. The van der Waals surface area contributed by atoms with Gasteiger partial charge in [-0.25, -0.2) is 0 Å². The lowest BCUT2D eigenvalue weighted by Crippen LogP contribution is -2.26. The minimum Gasteiger partial charge on any atom is -0.493 e. The van der Waals surface area contributed by atoms with Crippen molar-refractivity contribution in [1.29, 1.82) is 0 Å². The van der Waals surface area contributed by atoms with Gasteiger partial charge in [0.1, 0.15) is 0 Å². The van der Waals surface area contributed by atoms with E-state index in [1.807, 2.05) is 0 Å². The van der Waals surface area contributed by atoms with Gasteiger partial charge in [-0.1, -0.05) is 6.07 Å². The summed E-state index contributed by atoms with van der Waals surface area (Å²) in [6, 6.07) is 6.49. The van der Waals surface area contributed by atoms with E-state index in [1.165, 1.54) is 44.1 Å². The molecule has 0 atom stereocenters. The predicted molar refractivity (Wildman–Crippen MR) is 88.0 cm³/mol. The van der Waals surface area contributed by atoms with Gasteiger partial charge >= 0.3 is 0 Å².